The maximum atomic E-state index is 11.7. The zero-order valence-corrected chi connectivity index (χ0v) is 31.8. The van der Waals surface area contributed by atoms with Crippen LogP contribution < -0.4 is 9.64 Å². The van der Waals surface area contributed by atoms with E-state index in [1.807, 2.05) is 30.3 Å². The molecule has 1 aliphatic carbocycles. The molecule has 0 saturated heterocycles. The van der Waals surface area contributed by atoms with E-state index < -0.39 is 0 Å². The maximum Gasteiger partial charge on any atom is 0.302 e. The Bertz CT molecular complexity index is 2040. The molecule has 3 aliphatic rings. The quantitative estimate of drug-likeness (QED) is 0.147. The first kappa shape index (κ1) is 36.6. The predicted octanol–water partition coefficient (Wildman–Crippen LogP) is 9.10. The van der Waals surface area contributed by atoms with Gasteiger partial charge in [0.1, 0.15) is 18.1 Å². The predicted molar refractivity (Wildman–Crippen MR) is 207 cm³/mol. The largest absolute Gasteiger partial charge is 0.464 e. The van der Waals surface area contributed by atoms with Gasteiger partial charge >= 0.3 is 11.9 Å². The van der Waals surface area contributed by atoms with Gasteiger partial charge in [-0.2, -0.15) is 4.58 Å². The smallest absolute Gasteiger partial charge is 0.302 e. The van der Waals surface area contributed by atoms with E-state index in [2.05, 4.69) is 112 Å². The standard InChI is InChI=1S/C45H51N2O5/c1-30-14-20-39-37(28-30)44(5,6)41(46(39)24-26-50-32(3)48)22-18-34-16-17-35(43(34)52-36-12-10-9-11-13-36)19-23-42-45(7,8)38-29-31(2)15-21-40(38)47(42)25-27-51-33(4)49/h9-15,18-23,28-29H,16-17,24-27H2,1-8H3/q+1. The molecule has 3 aromatic carbocycles. The lowest BCUT2D eigenvalue weighted by Crippen LogP contribution is -2.29. The van der Waals surface area contributed by atoms with Gasteiger partial charge in [0, 0.05) is 48.4 Å². The van der Waals surface area contributed by atoms with Crippen LogP contribution >= 0.6 is 0 Å². The SMILES string of the molecule is CC(=O)OCCN1/C(=C/C=C2\CCC(/C=C/C3=[N+](CCOC(C)=O)c4ccc(C)cc4C3(C)C)=C2Oc2ccccc2)C(C)(C)c2cc(C)ccc21. The van der Waals surface area contributed by atoms with Gasteiger partial charge in [-0.15, -0.1) is 0 Å². The molecule has 3 aromatic rings. The zero-order valence-electron chi connectivity index (χ0n) is 31.8. The van der Waals surface area contributed by atoms with Crippen molar-refractivity contribution in [2.75, 3.05) is 31.2 Å². The molecule has 7 nitrogen and oxygen atoms in total. The highest BCUT2D eigenvalue weighted by Gasteiger charge is 2.44. The average molecular weight is 700 g/mol. The molecule has 0 unspecified atom stereocenters. The van der Waals surface area contributed by atoms with Crippen LogP contribution in [0.4, 0.5) is 11.4 Å². The highest BCUT2D eigenvalue weighted by molar-refractivity contribution is 6.03. The van der Waals surface area contributed by atoms with Crippen molar-refractivity contribution in [1.29, 1.82) is 0 Å². The summed E-state index contributed by atoms with van der Waals surface area (Å²) < 4.78 is 19.8. The topological polar surface area (TPSA) is 68.1 Å². The number of carbonyl (C=O) groups excluding carboxylic acids is 2. The number of benzene rings is 3. The maximum absolute atomic E-state index is 11.7. The number of esters is 2. The molecule has 7 heteroatoms. The molecule has 0 amide bonds. The highest BCUT2D eigenvalue weighted by atomic mass is 16.5. The van der Waals surface area contributed by atoms with Gasteiger partial charge in [0.25, 0.3) is 0 Å². The number of hydrogen-bond donors (Lipinski definition) is 0. The first-order valence-electron chi connectivity index (χ1n) is 18.2. The molecule has 6 rings (SSSR count). The van der Waals surface area contributed by atoms with Crippen LogP contribution in [0.2, 0.25) is 0 Å². The number of allylic oxidation sites excluding steroid dienone is 7. The van der Waals surface area contributed by atoms with Crippen molar-refractivity contribution >= 4 is 29.0 Å². The Kier molecular flexibility index (Phi) is 10.4. The number of carbonyl (C=O) groups is 2. The van der Waals surface area contributed by atoms with E-state index in [4.69, 9.17) is 14.2 Å². The third-order valence-corrected chi connectivity index (χ3v) is 10.4. The number of ether oxygens (including phenoxy) is 3. The van der Waals surface area contributed by atoms with Gasteiger partial charge in [0.15, 0.2) is 18.9 Å². The second-order valence-electron chi connectivity index (χ2n) is 15.0. The van der Waals surface area contributed by atoms with Gasteiger partial charge in [-0.25, -0.2) is 0 Å². The van der Waals surface area contributed by atoms with Gasteiger partial charge in [-0.1, -0.05) is 67.4 Å². The van der Waals surface area contributed by atoms with E-state index in [1.54, 1.807) is 0 Å². The fourth-order valence-electron chi connectivity index (χ4n) is 7.74. The van der Waals surface area contributed by atoms with Gasteiger partial charge in [0.2, 0.25) is 5.69 Å². The Balaban J connectivity index is 1.41. The van der Waals surface area contributed by atoms with E-state index in [9.17, 15) is 9.59 Å². The van der Waals surface area contributed by atoms with E-state index in [1.165, 1.54) is 36.1 Å². The van der Waals surface area contributed by atoms with Gasteiger partial charge < -0.3 is 19.1 Å². The fourth-order valence-corrected chi connectivity index (χ4v) is 7.74. The molecule has 270 valence electrons. The Morgan fingerprint density at radius 3 is 2.17 bits per heavy atom. The lowest BCUT2D eigenvalue weighted by Gasteiger charge is -2.27. The van der Waals surface area contributed by atoms with Gasteiger partial charge in [-0.05, 0) is 93.7 Å². The van der Waals surface area contributed by atoms with Crippen molar-refractivity contribution in [2.45, 2.75) is 79.1 Å². The van der Waals surface area contributed by atoms with Crippen molar-refractivity contribution in [1.82, 2.24) is 0 Å². The van der Waals surface area contributed by atoms with E-state index in [-0.39, 0.29) is 22.8 Å². The normalized spacial score (nSPS) is 18.8. The second kappa shape index (κ2) is 14.8. The van der Waals surface area contributed by atoms with Crippen molar-refractivity contribution in [3.05, 3.63) is 136 Å². The first-order chi connectivity index (χ1) is 24.8. The summed E-state index contributed by atoms with van der Waals surface area (Å²) in [7, 11) is 0. The lowest BCUT2D eigenvalue weighted by atomic mass is 9.80. The summed E-state index contributed by atoms with van der Waals surface area (Å²) >= 11 is 0. The molecule has 2 heterocycles. The summed E-state index contributed by atoms with van der Waals surface area (Å²) in [4.78, 5) is 25.6. The molecule has 0 bridgehead atoms. The molecule has 2 aliphatic heterocycles. The van der Waals surface area contributed by atoms with Crippen molar-refractivity contribution in [3.63, 3.8) is 0 Å². The van der Waals surface area contributed by atoms with Crippen LogP contribution in [0.25, 0.3) is 0 Å². The minimum absolute atomic E-state index is 0.256. The average Bonchev–Trinajstić information content (AvgIpc) is 3.63. The Labute approximate surface area is 308 Å². The summed E-state index contributed by atoms with van der Waals surface area (Å²) in [5.74, 6) is 1.10. The monoisotopic (exact) mass is 699 g/mol. The summed E-state index contributed by atoms with van der Waals surface area (Å²) in [6, 6.07) is 23.1. The third-order valence-electron chi connectivity index (χ3n) is 10.4. The zero-order chi connectivity index (χ0) is 37.2. The molecular formula is C45H51N2O5+. The molecule has 0 aromatic heterocycles. The molecule has 0 saturated carbocycles. The van der Waals surface area contributed by atoms with Crippen LogP contribution in [0.15, 0.2) is 114 Å². The molecule has 0 atom stereocenters. The van der Waals surface area contributed by atoms with Crippen LogP contribution in [0.3, 0.4) is 0 Å². The molecule has 0 fully saturated rings. The summed E-state index contributed by atoms with van der Waals surface area (Å²) in [5.41, 5.74) is 11.3. The molecule has 52 heavy (non-hydrogen) atoms. The van der Waals surface area contributed by atoms with Crippen LogP contribution in [0.5, 0.6) is 5.75 Å². The summed E-state index contributed by atoms with van der Waals surface area (Å²) in [5, 5.41) is 0. The lowest BCUT2D eigenvalue weighted by molar-refractivity contribution is -0.440. The second-order valence-corrected chi connectivity index (χ2v) is 15.0. The Morgan fingerprint density at radius 2 is 1.46 bits per heavy atom. The number of para-hydroxylation sites is 1. The third kappa shape index (κ3) is 7.41. The van der Waals surface area contributed by atoms with Crippen LogP contribution in [0, 0.1) is 13.8 Å². The summed E-state index contributed by atoms with van der Waals surface area (Å²) in [6.07, 6.45) is 10.5. The Morgan fingerprint density at radius 1 is 0.788 bits per heavy atom. The molecule has 0 radical (unpaired) electrons. The highest BCUT2D eigenvalue weighted by Crippen LogP contribution is 2.48. The minimum Gasteiger partial charge on any atom is -0.464 e. The number of aryl methyl sites for hydroxylation is 2. The number of anilines is 1. The van der Waals surface area contributed by atoms with E-state index >= 15 is 0 Å². The van der Waals surface area contributed by atoms with E-state index in [0.29, 0.717) is 26.3 Å². The fraction of sp³-hybridized carbons (Fsp3) is 0.356. The van der Waals surface area contributed by atoms with Crippen LogP contribution in [-0.4, -0.2) is 48.5 Å². The summed E-state index contributed by atoms with van der Waals surface area (Å²) in [6.45, 7) is 17.9. The molecule has 0 N–H and O–H groups in total. The number of nitrogens with zero attached hydrogens (tertiary/aromatic N) is 2. The van der Waals surface area contributed by atoms with Crippen molar-refractivity contribution < 1.29 is 28.4 Å². The van der Waals surface area contributed by atoms with Gasteiger partial charge in [-0.3, -0.25) is 9.59 Å². The number of rotatable bonds is 11. The van der Waals surface area contributed by atoms with Gasteiger partial charge in [0.05, 0.1) is 12.0 Å². The van der Waals surface area contributed by atoms with Crippen LogP contribution in [-0.2, 0) is 29.9 Å². The van der Waals surface area contributed by atoms with Crippen molar-refractivity contribution in [2.24, 2.45) is 0 Å². The Hall–Kier alpha value is -5.17. The number of hydrogen-bond acceptors (Lipinski definition) is 6. The molecule has 0 spiro atoms. The minimum atomic E-state index is -0.278. The van der Waals surface area contributed by atoms with Crippen LogP contribution in [0.1, 0.15) is 76.6 Å². The van der Waals surface area contributed by atoms with Crippen molar-refractivity contribution in [3.8, 4) is 5.75 Å². The first-order valence-corrected chi connectivity index (χ1v) is 18.2. The van der Waals surface area contributed by atoms with E-state index in [0.717, 1.165) is 58.3 Å². The molecular weight excluding hydrogens is 649 g/mol. The number of fused-ring (bicyclic) bond motifs is 2.